The Morgan fingerprint density at radius 1 is 1.33 bits per heavy atom. The number of ether oxygens (including phenoxy) is 2. The molecule has 1 unspecified atom stereocenters. The third-order valence-corrected chi connectivity index (χ3v) is 4.43. The van der Waals surface area contributed by atoms with E-state index in [9.17, 15) is 4.79 Å². The Morgan fingerprint density at radius 3 is 2.88 bits per heavy atom. The van der Waals surface area contributed by atoms with Gasteiger partial charge in [0.05, 0.1) is 24.5 Å². The summed E-state index contributed by atoms with van der Waals surface area (Å²) >= 11 is 0. The Labute approximate surface area is 142 Å². The van der Waals surface area contributed by atoms with Crippen molar-refractivity contribution in [1.29, 1.82) is 0 Å². The van der Waals surface area contributed by atoms with E-state index in [1.807, 2.05) is 49.2 Å². The van der Waals surface area contributed by atoms with Crippen molar-refractivity contribution in [2.75, 3.05) is 20.3 Å². The van der Waals surface area contributed by atoms with E-state index < -0.39 is 0 Å². The molecule has 0 bridgehead atoms. The molecule has 0 fully saturated rings. The summed E-state index contributed by atoms with van der Waals surface area (Å²) in [6, 6.07) is 7.64. The second-order valence-electron chi connectivity index (χ2n) is 6.01. The molecule has 6 heteroatoms. The van der Waals surface area contributed by atoms with E-state index in [1.54, 1.807) is 7.11 Å². The van der Waals surface area contributed by atoms with Crippen LogP contribution in [0.25, 0.3) is 0 Å². The standard InChI is InChI=1S/C18H23N3O3/c1-13-6-4-5-7-16(13)24-12-17(22)20-8-9-21-15(11-23-3)10-19-18(21)14(20)2/h4-7,10,14H,8-9,11-12H2,1-3H3. The van der Waals surface area contributed by atoms with Crippen LogP contribution in [-0.4, -0.2) is 40.6 Å². The topological polar surface area (TPSA) is 56.6 Å². The lowest BCUT2D eigenvalue weighted by Crippen LogP contribution is -2.43. The van der Waals surface area contributed by atoms with Crippen LogP contribution in [0.5, 0.6) is 5.75 Å². The summed E-state index contributed by atoms with van der Waals surface area (Å²) in [5.74, 6) is 1.63. The number of nitrogens with zero attached hydrogens (tertiary/aromatic N) is 3. The molecule has 6 nitrogen and oxygen atoms in total. The summed E-state index contributed by atoms with van der Waals surface area (Å²) in [4.78, 5) is 18.9. The summed E-state index contributed by atoms with van der Waals surface area (Å²) < 4.78 is 13.0. The van der Waals surface area contributed by atoms with Crippen molar-refractivity contribution in [2.45, 2.75) is 33.0 Å². The first-order valence-electron chi connectivity index (χ1n) is 8.13. The van der Waals surface area contributed by atoms with Gasteiger partial charge in [0.2, 0.25) is 0 Å². The van der Waals surface area contributed by atoms with Crippen LogP contribution in [0.1, 0.15) is 30.0 Å². The minimum atomic E-state index is -0.0719. The van der Waals surface area contributed by atoms with Crippen molar-refractivity contribution in [3.8, 4) is 5.75 Å². The molecule has 1 amide bonds. The van der Waals surface area contributed by atoms with Gasteiger partial charge in [-0.05, 0) is 25.5 Å². The van der Waals surface area contributed by atoms with Gasteiger partial charge in [-0.15, -0.1) is 0 Å². The average Bonchev–Trinajstić information content (AvgIpc) is 2.98. The fourth-order valence-electron chi connectivity index (χ4n) is 3.10. The van der Waals surface area contributed by atoms with E-state index in [-0.39, 0.29) is 18.6 Å². The zero-order chi connectivity index (χ0) is 17.1. The summed E-state index contributed by atoms with van der Waals surface area (Å²) in [5.41, 5.74) is 2.07. The quantitative estimate of drug-likeness (QED) is 0.845. The van der Waals surface area contributed by atoms with Crippen LogP contribution >= 0.6 is 0 Å². The Balaban J connectivity index is 1.67. The maximum Gasteiger partial charge on any atom is 0.261 e. The van der Waals surface area contributed by atoms with Crippen molar-refractivity contribution >= 4 is 5.91 Å². The molecule has 0 aliphatic carbocycles. The van der Waals surface area contributed by atoms with E-state index in [1.165, 1.54) is 0 Å². The van der Waals surface area contributed by atoms with E-state index >= 15 is 0 Å². The molecule has 0 N–H and O–H groups in total. The van der Waals surface area contributed by atoms with E-state index in [0.29, 0.717) is 13.2 Å². The van der Waals surface area contributed by atoms with Crippen molar-refractivity contribution in [2.24, 2.45) is 0 Å². The highest BCUT2D eigenvalue weighted by atomic mass is 16.5. The zero-order valence-electron chi connectivity index (χ0n) is 14.4. The van der Waals surface area contributed by atoms with Gasteiger partial charge in [-0.2, -0.15) is 0 Å². The maximum absolute atomic E-state index is 12.6. The average molecular weight is 329 g/mol. The highest BCUT2D eigenvalue weighted by Crippen LogP contribution is 2.26. The van der Waals surface area contributed by atoms with Crippen molar-refractivity contribution < 1.29 is 14.3 Å². The highest BCUT2D eigenvalue weighted by Gasteiger charge is 2.30. The van der Waals surface area contributed by atoms with Crippen LogP contribution in [0.3, 0.4) is 0 Å². The van der Waals surface area contributed by atoms with Crippen LogP contribution in [-0.2, 0) is 22.7 Å². The van der Waals surface area contributed by atoms with Crippen LogP contribution in [0.15, 0.2) is 30.5 Å². The lowest BCUT2D eigenvalue weighted by molar-refractivity contribution is -0.136. The molecule has 1 aliphatic rings. The molecule has 0 saturated carbocycles. The number of hydrogen-bond donors (Lipinski definition) is 0. The highest BCUT2D eigenvalue weighted by molar-refractivity contribution is 5.78. The van der Waals surface area contributed by atoms with Gasteiger partial charge in [-0.1, -0.05) is 18.2 Å². The fraction of sp³-hybridized carbons (Fsp3) is 0.444. The molecule has 1 aliphatic heterocycles. The molecule has 2 heterocycles. The molecule has 1 aromatic carbocycles. The zero-order valence-corrected chi connectivity index (χ0v) is 14.4. The Kier molecular flexibility index (Phi) is 4.85. The van der Waals surface area contributed by atoms with Gasteiger partial charge < -0.3 is 18.9 Å². The number of aryl methyl sites for hydroxylation is 1. The normalized spacial score (nSPS) is 16.8. The SMILES string of the molecule is COCc1cnc2n1CCN(C(=O)COc1ccccc1C)C2C. The molecule has 1 atom stereocenters. The van der Waals surface area contributed by atoms with Crippen LogP contribution < -0.4 is 4.74 Å². The number of para-hydroxylation sites is 1. The number of benzene rings is 1. The predicted octanol–water partition coefficient (Wildman–Crippen LogP) is 2.32. The van der Waals surface area contributed by atoms with Crippen LogP contribution in [0, 0.1) is 6.92 Å². The summed E-state index contributed by atoms with van der Waals surface area (Å²) in [6.07, 6.45) is 1.83. The number of fused-ring (bicyclic) bond motifs is 1. The number of aromatic nitrogens is 2. The number of carbonyl (C=O) groups is 1. The third-order valence-electron chi connectivity index (χ3n) is 4.43. The van der Waals surface area contributed by atoms with Gasteiger partial charge in [0.25, 0.3) is 5.91 Å². The number of hydrogen-bond acceptors (Lipinski definition) is 4. The molecular formula is C18H23N3O3. The first kappa shape index (κ1) is 16.5. The maximum atomic E-state index is 12.6. The number of imidazole rings is 1. The molecular weight excluding hydrogens is 306 g/mol. The van der Waals surface area contributed by atoms with E-state index in [0.717, 1.165) is 29.4 Å². The monoisotopic (exact) mass is 329 g/mol. The van der Waals surface area contributed by atoms with Crippen LogP contribution in [0.4, 0.5) is 0 Å². The number of carbonyl (C=O) groups excluding carboxylic acids is 1. The van der Waals surface area contributed by atoms with Gasteiger partial charge in [0, 0.05) is 20.2 Å². The van der Waals surface area contributed by atoms with Crippen molar-refractivity contribution in [3.63, 3.8) is 0 Å². The number of amides is 1. The molecule has 128 valence electrons. The van der Waals surface area contributed by atoms with Gasteiger partial charge in [-0.3, -0.25) is 4.79 Å². The van der Waals surface area contributed by atoms with Gasteiger partial charge in [0.15, 0.2) is 6.61 Å². The number of methoxy groups -OCH3 is 1. The summed E-state index contributed by atoms with van der Waals surface area (Å²) in [5, 5.41) is 0. The van der Waals surface area contributed by atoms with E-state index in [4.69, 9.17) is 9.47 Å². The lowest BCUT2D eigenvalue weighted by atomic mass is 10.2. The summed E-state index contributed by atoms with van der Waals surface area (Å²) in [6.45, 7) is 5.92. The van der Waals surface area contributed by atoms with Crippen LogP contribution in [0.2, 0.25) is 0 Å². The molecule has 2 aromatic rings. The van der Waals surface area contributed by atoms with Crippen molar-refractivity contribution in [1.82, 2.24) is 14.5 Å². The Morgan fingerprint density at radius 2 is 2.12 bits per heavy atom. The predicted molar refractivity (Wildman–Crippen MR) is 89.7 cm³/mol. The second-order valence-corrected chi connectivity index (χ2v) is 6.01. The first-order chi connectivity index (χ1) is 11.6. The smallest absolute Gasteiger partial charge is 0.261 e. The minimum absolute atomic E-state index is 0.0201. The molecule has 24 heavy (non-hydrogen) atoms. The molecule has 1 aromatic heterocycles. The van der Waals surface area contributed by atoms with E-state index in [2.05, 4.69) is 9.55 Å². The molecule has 0 radical (unpaired) electrons. The van der Waals surface area contributed by atoms with Gasteiger partial charge in [-0.25, -0.2) is 4.98 Å². The second kappa shape index (κ2) is 7.05. The van der Waals surface area contributed by atoms with Crippen molar-refractivity contribution in [3.05, 3.63) is 47.5 Å². The molecule has 3 rings (SSSR count). The molecule has 0 saturated heterocycles. The number of rotatable bonds is 5. The largest absolute Gasteiger partial charge is 0.484 e. The molecule has 0 spiro atoms. The Hall–Kier alpha value is -2.34. The Bertz CT molecular complexity index is 726. The first-order valence-corrected chi connectivity index (χ1v) is 8.13. The third kappa shape index (κ3) is 3.14. The van der Waals surface area contributed by atoms with Gasteiger partial charge >= 0.3 is 0 Å². The minimum Gasteiger partial charge on any atom is -0.484 e. The van der Waals surface area contributed by atoms with Gasteiger partial charge in [0.1, 0.15) is 11.6 Å². The summed E-state index contributed by atoms with van der Waals surface area (Å²) in [7, 11) is 1.67. The fourth-order valence-corrected chi connectivity index (χ4v) is 3.10. The lowest BCUT2D eigenvalue weighted by Gasteiger charge is -2.34.